The Kier molecular flexibility index (Phi) is 4.71. The summed E-state index contributed by atoms with van der Waals surface area (Å²) in [5.74, 6) is -0.361. The standard InChI is InChI=1S/C13H18BrNO2/c1-4-17-12(16)11(15)13(2,3)9-5-7-10(14)8-6-9/h5-8,11H,4,15H2,1-3H3. The second-order valence-electron chi connectivity index (χ2n) is 4.46. The fourth-order valence-corrected chi connectivity index (χ4v) is 1.85. The maximum absolute atomic E-state index is 11.7. The largest absolute Gasteiger partial charge is 0.465 e. The number of esters is 1. The second kappa shape index (κ2) is 5.65. The van der Waals surface area contributed by atoms with Crippen molar-refractivity contribution in [2.75, 3.05) is 6.61 Å². The number of carbonyl (C=O) groups excluding carboxylic acids is 1. The van der Waals surface area contributed by atoms with Gasteiger partial charge in [0, 0.05) is 9.89 Å². The van der Waals surface area contributed by atoms with E-state index in [4.69, 9.17) is 10.5 Å². The van der Waals surface area contributed by atoms with Gasteiger partial charge in [-0.15, -0.1) is 0 Å². The maximum atomic E-state index is 11.7. The van der Waals surface area contributed by atoms with Crippen LogP contribution in [0.15, 0.2) is 28.7 Å². The van der Waals surface area contributed by atoms with Gasteiger partial charge < -0.3 is 10.5 Å². The number of halogens is 1. The van der Waals surface area contributed by atoms with Crippen LogP contribution < -0.4 is 5.73 Å². The Morgan fingerprint density at radius 2 is 1.94 bits per heavy atom. The van der Waals surface area contributed by atoms with Gasteiger partial charge >= 0.3 is 5.97 Å². The van der Waals surface area contributed by atoms with Gasteiger partial charge in [-0.1, -0.05) is 41.9 Å². The Morgan fingerprint density at radius 1 is 1.41 bits per heavy atom. The van der Waals surface area contributed by atoms with Crippen LogP contribution in [0.4, 0.5) is 0 Å². The van der Waals surface area contributed by atoms with Crippen molar-refractivity contribution in [2.45, 2.75) is 32.2 Å². The van der Waals surface area contributed by atoms with Crippen LogP contribution >= 0.6 is 15.9 Å². The van der Waals surface area contributed by atoms with Crippen LogP contribution in [0.2, 0.25) is 0 Å². The number of hydrogen-bond acceptors (Lipinski definition) is 3. The Hall–Kier alpha value is -0.870. The molecule has 1 aromatic carbocycles. The zero-order valence-corrected chi connectivity index (χ0v) is 12.0. The molecule has 0 fully saturated rings. The molecule has 94 valence electrons. The SMILES string of the molecule is CCOC(=O)C(N)C(C)(C)c1ccc(Br)cc1. The molecule has 0 aliphatic carbocycles. The molecule has 1 aromatic rings. The summed E-state index contributed by atoms with van der Waals surface area (Å²) in [5, 5.41) is 0. The fourth-order valence-electron chi connectivity index (χ4n) is 1.59. The Bertz CT molecular complexity index is 387. The molecule has 1 unspecified atom stereocenters. The van der Waals surface area contributed by atoms with Crippen LogP contribution in [-0.4, -0.2) is 18.6 Å². The van der Waals surface area contributed by atoms with Crippen LogP contribution in [0.1, 0.15) is 26.3 Å². The lowest BCUT2D eigenvalue weighted by molar-refractivity contribution is -0.146. The molecule has 17 heavy (non-hydrogen) atoms. The topological polar surface area (TPSA) is 52.3 Å². The summed E-state index contributed by atoms with van der Waals surface area (Å²) in [7, 11) is 0. The molecule has 0 spiro atoms. The minimum Gasteiger partial charge on any atom is -0.465 e. The molecule has 0 aliphatic heterocycles. The van der Waals surface area contributed by atoms with Crippen molar-refractivity contribution in [3.63, 3.8) is 0 Å². The van der Waals surface area contributed by atoms with E-state index in [1.807, 2.05) is 38.1 Å². The fraction of sp³-hybridized carbons (Fsp3) is 0.462. The Labute approximate surface area is 110 Å². The third-order valence-electron chi connectivity index (χ3n) is 2.91. The van der Waals surface area contributed by atoms with Gasteiger partial charge in [0.1, 0.15) is 6.04 Å². The molecule has 1 atom stereocenters. The molecule has 0 radical (unpaired) electrons. The van der Waals surface area contributed by atoms with E-state index in [0.717, 1.165) is 10.0 Å². The van der Waals surface area contributed by atoms with Crippen molar-refractivity contribution in [3.05, 3.63) is 34.3 Å². The summed E-state index contributed by atoms with van der Waals surface area (Å²) >= 11 is 3.38. The van der Waals surface area contributed by atoms with E-state index in [0.29, 0.717) is 6.61 Å². The van der Waals surface area contributed by atoms with E-state index in [1.165, 1.54) is 0 Å². The number of ether oxygens (including phenoxy) is 1. The number of rotatable bonds is 4. The van der Waals surface area contributed by atoms with E-state index in [9.17, 15) is 4.79 Å². The quantitative estimate of drug-likeness (QED) is 0.870. The van der Waals surface area contributed by atoms with Gasteiger partial charge in [0.25, 0.3) is 0 Å². The number of carbonyl (C=O) groups is 1. The summed E-state index contributed by atoms with van der Waals surface area (Å²) in [6, 6.07) is 7.14. The van der Waals surface area contributed by atoms with Crippen LogP contribution in [0.25, 0.3) is 0 Å². The minimum absolute atomic E-state index is 0.350. The molecular formula is C13H18BrNO2. The Balaban J connectivity index is 2.93. The average molecular weight is 300 g/mol. The molecule has 0 bridgehead atoms. The first-order valence-electron chi connectivity index (χ1n) is 5.58. The molecule has 2 N–H and O–H groups in total. The highest BCUT2D eigenvalue weighted by Gasteiger charge is 2.34. The molecule has 1 rings (SSSR count). The van der Waals surface area contributed by atoms with Gasteiger partial charge in [-0.2, -0.15) is 0 Å². The van der Waals surface area contributed by atoms with Gasteiger partial charge in [0.15, 0.2) is 0 Å². The van der Waals surface area contributed by atoms with Crippen molar-refractivity contribution >= 4 is 21.9 Å². The summed E-state index contributed by atoms with van der Waals surface area (Å²) in [4.78, 5) is 11.7. The smallest absolute Gasteiger partial charge is 0.323 e. The average Bonchev–Trinajstić information content (AvgIpc) is 2.29. The van der Waals surface area contributed by atoms with Gasteiger partial charge in [-0.25, -0.2) is 0 Å². The molecule has 4 heteroatoms. The normalized spacial score (nSPS) is 13.2. The summed E-state index contributed by atoms with van der Waals surface area (Å²) < 4.78 is 5.96. The zero-order valence-electron chi connectivity index (χ0n) is 10.4. The molecule has 0 heterocycles. The summed E-state index contributed by atoms with van der Waals surface area (Å²) in [6.45, 7) is 6.01. The second-order valence-corrected chi connectivity index (χ2v) is 5.37. The van der Waals surface area contributed by atoms with E-state index >= 15 is 0 Å². The molecule has 0 aromatic heterocycles. The molecule has 0 saturated carbocycles. The highest BCUT2D eigenvalue weighted by Crippen LogP contribution is 2.27. The third kappa shape index (κ3) is 3.30. The van der Waals surface area contributed by atoms with Crippen LogP contribution in [0, 0.1) is 0 Å². The first-order chi connectivity index (χ1) is 7.89. The van der Waals surface area contributed by atoms with E-state index in [2.05, 4.69) is 15.9 Å². The molecule has 0 amide bonds. The first-order valence-corrected chi connectivity index (χ1v) is 6.37. The lowest BCUT2D eigenvalue weighted by Gasteiger charge is -2.30. The lowest BCUT2D eigenvalue weighted by atomic mass is 9.78. The third-order valence-corrected chi connectivity index (χ3v) is 3.43. The number of benzene rings is 1. The predicted molar refractivity (Wildman–Crippen MR) is 71.8 cm³/mol. The van der Waals surface area contributed by atoms with E-state index in [1.54, 1.807) is 6.92 Å². The number of hydrogen-bond donors (Lipinski definition) is 1. The summed E-state index contributed by atoms with van der Waals surface area (Å²) in [6.07, 6.45) is 0. The van der Waals surface area contributed by atoms with E-state index < -0.39 is 11.5 Å². The van der Waals surface area contributed by atoms with Crippen molar-refractivity contribution in [1.82, 2.24) is 0 Å². The lowest BCUT2D eigenvalue weighted by Crippen LogP contribution is -2.47. The van der Waals surface area contributed by atoms with Crippen LogP contribution in [0.5, 0.6) is 0 Å². The highest BCUT2D eigenvalue weighted by molar-refractivity contribution is 9.10. The predicted octanol–water partition coefficient (Wildman–Crippen LogP) is 2.62. The molecule has 0 saturated heterocycles. The zero-order chi connectivity index (χ0) is 13.1. The van der Waals surface area contributed by atoms with Gasteiger partial charge in [0.05, 0.1) is 6.61 Å². The van der Waals surface area contributed by atoms with Crippen molar-refractivity contribution in [3.8, 4) is 0 Å². The first kappa shape index (κ1) is 14.2. The van der Waals surface area contributed by atoms with Crippen molar-refractivity contribution < 1.29 is 9.53 Å². The Morgan fingerprint density at radius 3 is 2.41 bits per heavy atom. The molecule has 3 nitrogen and oxygen atoms in total. The monoisotopic (exact) mass is 299 g/mol. The summed E-state index contributed by atoms with van der Waals surface area (Å²) in [5.41, 5.74) is 6.53. The van der Waals surface area contributed by atoms with Gasteiger partial charge in [-0.05, 0) is 24.6 Å². The van der Waals surface area contributed by atoms with Gasteiger partial charge in [-0.3, -0.25) is 4.79 Å². The van der Waals surface area contributed by atoms with Crippen molar-refractivity contribution in [2.24, 2.45) is 5.73 Å². The maximum Gasteiger partial charge on any atom is 0.323 e. The van der Waals surface area contributed by atoms with Crippen LogP contribution in [0.3, 0.4) is 0 Å². The van der Waals surface area contributed by atoms with E-state index in [-0.39, 0.29) is 5.97 Å². The minimum atomic E-state index is -0.663. The highest BCUT2D eigenvalue weighted by atomic mass is 79.9. The molecular weight excluding hydrogens is 282 g/mol. The van der Waals surface area contributed by atoms with Gasteiger partial charge in [0.2, 0.25) is 0 Å². The van der Waals surface area contributed by atoms with Crippen molar-refractivity contribution in [1.29, 1.82) is 0 Å². The van der Waals surface area contributed by atoms with Crippen LogP contribution in [-0.2, 0) is 14.9 Å². The molecule has 0 aliphatic rings. The number of nitrogens with two attached hydrogens (primary N) is 1.